The van der Waals surface area contributed by atoms with E-state index in [2.05, 4.69) is 0 Å². The molecule has 1 saturated carbocycles. The largest absolute Gasteiger partial charge is 0.469 e. The van der Waals surface area contributed by atoms with E-state index in [-0.39, 0.29) is 0 Å². The van der Waals surface area contributed by atoms with Gasteiger partial charge in [0.15, 0.2) is 0 Å². The summed E-state index contributed by atoms with van der Waals surface area (Å²) >= 11 is 0. The maximum atomic E-state index is 9.61. The van der Waals surface area contributed by atoms with Crippen molar-refractivity contribution in [1.82, 2.24) is 0 Å². The van der Waals surface area contributed by atoms with E-state index >= 15 is 0 Å². The first kappa shape index (κ1) is 5.98. The molecule has 0 bridgehead atoms. The Morgan fingerprint density at radius 1 is 1.60 bits per heavy atom. The molecule has 0 amide bonds. The number of hydrogen-bond donors (Lipinski definition) is 1. The lowest BCUT2D eigenvalue weighted by molar-refractivity contribution is 0.149. The fourth-order valence-electron chi connectivity index (χ4n) is 1.26. The van der Waals surface area contributed by atoms with Crippen LogP contribution in [0, 0.1) is 6.92 Å². The van der Waals surface area contributed by atoms with Crippen molar-refractivity contribution in [3.05, 3.63) is 23.7 Å². The van der Waals surface area contributed by atoms with Gasteiger partial charge in [-0.25, -0.2) is 0 Å². The fourth-order valence-corrected chi connectivity index (χ4v) is 1.26. The molecule has 1 aliphatic carbocycles. The van der Waals surface area contributed by atoms with E-state index in [0.717, 1.165) is 24.2 Å². The standard InChI is InChI=1S/C8H10O2/c1-6-7(2-5-10-6)8(9)3-4-8/h2,5,9H,3-4H2,1H3. The predicted octanol–water partition coefficient (Wildman–Crippen LogP) is 1.57. The summed E-state index contributed by atoms with van der Waals surface area (Å²) in [7, 11) is 0. The normalized spacial score (nSPS) is 21.0. The molecule has 1 fully saturated rings. The van der Waals surface area contributed by atoms with Gasteiger partial charge in [0.05, 0.1) is 11.9 Å². The van der Waals surface area contributed by atoms with Crippen LogP contribution in [0.5, 0.6) is 0 Å². The van der Waals surface area contributed by atoms with Gasteiger partial charge in [0.1, 0.15) is 5.76 Å². The molecule has 2 rings (SSSR count). The van der Waals surface area contributed by atoms with E-state index < -0.39 is 5.60 Å². The third-order valence-electron chi connectivity index (χ3n) is 2.08. The zero-order valence-electron chi connectivity index (χ0n) is 5.92. The van der Waals surface area contributed by atoms with Crippen LogP contribution in [-0.2, 0) is 5.60 Å². The van der Waals surface area contributed by atoms with E-state index in [1.165, 1.54) is 0 Å². The van der Waals surface area contributed by atoms with Gasteiger partial charge in [0, 0.05) is 5.56 Å². The molecular formula is C8H10O2. The number of rotatable bonds is 1. The van der Waals surface area contributed by atoms with Gasteiger partial charge in [-0.05, 0) is 25.8 Å². The van der Waals surface area contributed by atoms with Crippen LogP contribution in [0.4, 0.5) is 0 Å². The highest BCUT2D eigenvalue weighted by Gasteiger charge is 2.44. The summed E-state index contributed by atoms with van der Waals surface area (Å²) in [5, 5.41) is 9.61. The van der Waals surface area contributed by atoms with Crippen LogP contribution in [0.2, 0.25) is 0 Å². The molecule has 10 heavy (non-hydrogen) atoms. The lowest BCUT2D eigenvalue weighted by atomic mass is 10.1. The lowest BCUT2D eigenvalue weighted by Gasteiger charge is -2.03. The highest BCUT2D eigenvalue weighted by molar-refractivity contribution is 5.28. The molecule has 0 aliphatic heterocycles. The quantitative estimate of drug-likeness (QED) is 0.639. The van der Waals surface area contributed by atoms with Crippen LogP contribution in [-0.4, -0.2) is 5.11 Å². The van der Waals surface area contributed by atoms with Crippen LogP contribution in [0.25, 0.3) is 0 Å². The molecule has 1 heterocycles. The molecule has 2 heteroatoms. The Morgan fingerprint density at radius 3 is 2.70 bits per heavy atom. The van der Waals surface area contributed by atoms with Gasteiger partial charge in [-0.3, -0.25) is 0 Å². The number of aliphatic hydroxyl groups is 1. The average Bonchev–Trinajstić information content (AvgIpc) is 2.44. The van der Waals surface area contributed by atoms with Crippen LogP contribution < -0.4 is 0 Å². The van der Waals surface area contributed by atoms with Crippen molar-refractivity contribution in [1.29, 1.82) is 0 Å². The molecule has 0 unspecified atom stereocenters. The van der Waals surface area contributed by atoms with Gasteiger partial charge in [-0.2, -0.15) is 0 Å². The summed E-state index contributed by atoms with van der Waals surface area (Å²) < 4.78 is 5.07. The van der Waals surface area contributed by atoms with Gasteiger partial charge in [-0.1, -0.05) is 0 Å². The molecule has 2 nitrogen and oxygen atoms in total. The molecule has 54 valence electrons. The Morgan fingerprint density at radius 2 is 2.30 bits per heavy atom. The van der Waals surface area contributed by atoms with E-state index in [9.17, 15) is 5.11 Å². The Labute approximate surface area is 59.5 Å². The van der Waals surface area contributed by atoms with Gasteiger partial charge >= 0.3 is 0 Å². The monoisotopic (exact) mass is 138 g/mol. The molecule has 0 atom stereocenters. The first-order chi connectivity index (χ1) is 4.72. The maximum Gasteiger partial charge on any atom is 0.106 e. The second-order valence-corrected chi connectivity index (χ2v) is 2.92. The van der Waals surface area contributed by atoms with Gasteiger partial charge in [0.2, 0.25) is 0 Å². The molecule has 0 saturated heterocycles. The Kier molecular flexibility index (Phi) is 0.980. The minimum absolute atomic E-state index is 0.531. The molecule has 1 aliphatic rings. The Balaban J connectivity index is 2.42. The predicted molar refractivity (Wildman–Crippen MR) is 36.6 cm³/mol. The minimum Gasteiger partial charge on any atom is -0.469 e. The van der Waals surface area contributed by atoms with E-state index in [4.69, 9.17) is 4.42 Å². The minimum atomic E-state index is -0.531. The third kappa shape index (κ3) is 0.688. The van der Waals surface area contributed by atoms with Crippen LogP contribution in [0.15, 0.2) is 16.7 Å². The van der Waals surface area contributed by atoms with Crippen molar-refractivity contribution in [3.63, 3.8) is 0 Å². The number of hydrogen-bond acceptors (Lipinski definition) is 2. The topological polar surface area (TPSA) is 33.4 Å². The van der Waals surface area contributed by atoms with Crippen LogP contribution in [0.1, 0.15) is 24.2 Å². The van der Waals surface area contributed by atoms with Gasteiger partial charge < -0.3 is 9.52 Å². The summed E-state index contributed by atoms with van der Waals surface area (Å²) in [5.41, 5.74) is 0.435. The van der Waals surface area contributed by atoms with Gasteiger partial charge in [-0.15, -0.1) is 0 Å². The summed E-state index contributed by atoms with van der Waals surface area (Å²) in [4.78, 5) is 0. The Hall–Kier alpha value is -0.760. The van der Waals surface area contributed by atoms with Crippen molar-refractivity contribution >= 4 is 0 Å². The average molecular weight is 138 g/mol. The van der Waals surface area contributed by atoms with Gasteiger partial charge in [0.25, 0.3) is 0 Å². The SMILES string of the molecule is Cc1occc1C1(O)CC1. The van der Waals surface area contributed by atoms with Crippen LogP contribution in [0.3, 0.4) is 0 Å². The van der Waals surface area contributed by atoms with Crippen molar-refractivity contribution in [2.75, 3.05) is 0 Å². The highest BCUT2D eigenvalue weighted by Crippen LogP contribution is 2.46. The molecule has 1 aromatic heterocycles. The second-order valence-electron chi connectivity index (χ2n) is 2.92. The van der Waals surface area contributed by atoms with E-state index in [1.54, 1.807) is 6.26 Å². The molecule has 0 aromatic carbocycles. The van der Waals surface area contributed by atoms with Crippen molar-refractivity contribution in [3.8, 4) is 0 Å². The molecular weight excluding hydrogens is 128 g/mol. The van der Waals surface area contributed by atoms with Crippen molar-refractivity contribution < 1.29 is 9.52 Å². The Bertz CT molecular complexity index is 246. The maximum absolute atomic E-state index is 9.61. The lowest BCUT2D eigenvalue weighted by Crippen LogP contribution is -2.03. The fraction of sp³-hybridized carbons (Fsp3) is 0.500. The molecule has 0 spiro atoms. The second kappa shape index (κ2) is 1.64. The summed E-state index contributed by atoms with van der Waals surface area (Å²) in [6, 6.07) is 1.85. The summed E-state index contributed by atoms with van der Waals surface area (Å²) in [5.74, 6) is 0.847. The number of aryl methyl sites for hydroxylation is 1. The molecule has 0 radical (unpaired) electrons. The third-order valence-corrected chi connectivity index (χ3v) is 2.08. The first-order valence-corrected chi connectivity index (χ1v) is 3.49. The highest BCUT2D eigenvalue weighted by atomic mass is 16.3. The zero-order valence-corrected chi connectivity index (χ0v) is 5.92. The zero-order chi connectivity index (χ0) is 7.19. The molecule has 1 N–H and O–H groups in total. The summed E-state index contributed by atoms with van der Waals surface area (Å²) in [6.07, 6.45) is 3.39. The smallest absolute Gasteiger partial charge is 0.106 e. The first-order valence-electron chi connectivity index (χ1n) is 3.49. The van der Waals surface area contributed by atoms with Crippen LogP contribution >= 0.6 is 0 Å². The van der Waals surface area contributed by atoms with Crippen molar-refractivity contribution in [2.45, 2.75) is 25.4 Å². The molecule has 1 aromatic rings. The van der Waals surface area contributed by atoms with Crippen molar-refractivity contribution in [2.24, 2.45) is 0 Å². The summed E-state index contributed by atoms with van der Waals surface area (Å²) in [6.45, 7) is 1.88. The van der Waals surface area contributed by atoms with E-state index in [0.29, 0.717) is 0 Å². The number of furan rings is 1. The van der Waals surface area contributed by atoms with E-state index in [1.807, 2.05) is 13.0 Å².